The third kappa shape index (κ3) is 3.16. The van der Waals surface area contributed by atoms with E-state index in [9.17, 15) is 4.79 Å². The van der Waals surface area contributed by atoms with Crippen LogP contribution in [0.15, 0.2) is 0 Å². The van der Waals surface area contributed by atoms with Gasteiger partial charge in [-0.25, -0.2) is 0 Å². The van der Waals surface area contributed by atoms with Gasteiger partial charge in [-0.2, -0.15) is 0 Å². The summed E-state index contributed by atoms with van der Waals surface area (Å²) in [6.45, 7) is 4.60. The van der Waals surface area contributed by atoms with Crippen LogP contribution in [-0.4, -0.2) is 23.0 Å². The fourth-order valence-electron chi connectivity index (χ4n) is 2.80. The summed E-state index contributed by atoms with van der Waals surface area (Å²) in [5.74, 6) is 1.46. The zero-order valence-electron chi connectivity index (χ0n) is 10.4. The van der Waals surface area contributed by atoms with Gasteiger partial charge in [0, 0.05) is 6.04 Å². The highest BCUT2D eigenvalue weighted by atomic mass is 32.2. The van der Waals surface area contributed by atoms with Gasteiger partial charge >= 0.3 is 0 Å². The molecule has 1 saturated carbocycles. The van der Waals surface area contributed by atoms with Crippen molar-refractivity contribution in [3.8, 4) is 0 Å². The summed E-state index contributed by atoms with van der Waals surface area (Å²) in [4.78, 5) is 12.0. The van der Waals surface area contributed by atoms with Crippen LogP contribution in [0.3, 0.4) is 0 Å². The molecule has 16 heavy (non-hydrogen) atoms. The van der Waals surface area contributed by atoms with Gasteiger partial charge in [0.15, 0.2) is 0 Å². The van der Waals surface area contributed by atoms with Crippen LogP contribution in [0.1, 0.15) is 52.4 Å². The Labute approximate surface area is 103 Å². The summed E-state index contributed by atoms with van der Waals surface area (Å²) in [5.41, 5.74) is 0.428. The number of rotatable bonds is 2. The molecule has 0 aromatic rings. The molecule has 2 rings (SSSR count). The van der Waals surface area contributed by atoms with Gasteiger partial charge in [-0.3, -0.25) is 4.79 Å². The van der Waals surface area contributed by atoms with Crippen molar-refractivity contribution in [1.82, 2.24) is 5.32 Å². The Morgan fingerprint density at radius 3 is 2.69 bits per heavy atom. The Morgan fingerprint density at radius 1 is 1.31 bits per heavy atom. The van der Waals surface area contributed by atoms with Crippen LogP contribution in [0.2, 0.25) is 0 Å². The molecule has 2 aliphatic rings. The average molecular weight is 241 g/mol. The second-order valence-corrected chi connectivity index (χ2v) is 7.28. The first-order valence-electron chi connectivity index (χ1n) is 6.49. The molecule has 0 bridgehead atoms. The molecular formula is C13H23NOS. The van der Waals surface area contributed by atoms with Crippen molar-refractivity contribution < 1.29 is 4.79 Å². The summed E-state index contributed by atoms with van der Waals surface area (Å²) >= 11 is 1.84. The molecular weight excluding hydrogens is 218 g/mol. The molecule has 0 aromatic heterocycles. The van der Waals surface area contributed by atoms with Crippen molar-refractivity contribution in [1.29, 1.82) is 0 Å². The predicted molar refractivity (Wildman–Crippen MR) is 69.7 cm³/mol. The van der Waals surface area contributed by atoms with Crippen molar-refractivity contribution in [3.63, 3.8) is 0 Å². The minimum absolute atomic E-state index is 0.234. The summed E-state index contributed by atoms with van der Waals surface area (Å²) in [7, 11) is 0. The molecule has 1 aliphatic carbocycles. The van der Waals surface area contributed by atoms with Crippen LogP contribution in [-0.2, 0) is 4.79 Å². The lowest BCUT2D eigenvalue weighted by atomic mass is 9.92. The maximum atomic E-state index is 12.0. The first kappa shape index (κ1) is 12.3. The van der Waals surface area contributed by atoms with Crippen molar-refractivity contribution in [2.24, 2.45) is 5.41 Å². The maximum absolute atomic E-state index is 12.0. The Kier molecular flexibility index (Phi) is 3.83. The Bertz CT molecular complexity index is 259. The monoisotopic (exact) mass is 241 g/mol. The zero-order valence-corrected chi connectivity index (χ0v) is 11.2. The van der Waals surface area contributed by atoms with Crippen LogP contribution in [0.5, 0.6) is 0 Å². The maximum Gasteiger partial charge on any atom is 0.233 e. The van der Waals surface area contributed by atoms with Gasteiger partial charge in [0.2, 0.25) is 5.91 Å². The molecule has 2 unspecified atom stereocenters. The van der Waals surface area contributed by atoms with Gasteiger partial charge < -0.3 is 5.32 Å². The van der Waals surface area contributed by atoms with Gasteiger partial charge in [0.1, 0.15) is 0 Å². The first-order chi connectivity index (χ1) is 7.57. The molecule has 1 saturated heterocycles. The highest BCUT2D eigenvalue weighted by Crippen LogP contribution is 2.37. The molecule has 1 heterocycles. The highest BCUT2D eigenvalue weighted by molar-refractivity contribution is 8.00. The average Bonchev–Trinajstić information content (AvgIpc) is 2.59. The summed E-state index contributed by atoms with van der Waals surface area (Å²) in [5, 5.41) is 3.48. The third-order valence-electron chi connectivity index (χ3n) is 3.79. The molecule has 0 radical (unpaired) electrons. The summed E-state index contributed by atoms with van der Waals surface area (Å²) in [6, 6.07) is 0.435. The number of thioether (sulfide) groups is 1. The molecule has 0 aromatic carbocycles. The lowest BCUT2D eigenvalue weighted by molar-refractivity contribution is -0.121. The molecule has 92 valence electrons. The van der Waals surface area contributed by atoms with E-state index >= 15 is 0 Å². The van der Waals surface area contributed by atoms with Gasteiger partial charge in [0.25, 0.3) is 0 Å². The topological polar surface area (TPSA) is 29.1 Å². The number of nitrogens with one attached hydrogen (secondary N) is 1. The SMILES string of the molecule is CC1(C)CCC(NC(=O)C2CCCCS2)C1. The second kappa shape index (κ2) is 4.99. The van der Waals surface area contributed by atoms with Gasteiger partial charge in [0.05, 0.1) is 5.25 Å². The normalized spacial score (nSPS) is 33.6. The molecule has 2 nitrogen and oxygen atoms in total. The lowest BCUT2D eigenvalue weighted by Gasteiger charge is -2.23. The zero-order chi connectivity index (χ0) is 11.6. The minimum atomic E-state index is 0.234. The number of hydrogen-bond donors (Lipinski definition) is 1. The quantitative estimate of drug-likeness (QED) is 0.805. The van der Waals surface area contributed by atoms with E-state index in [1.807, 2.05) is 11.8 Å². The molecule has 1 aliphatic heterocycles. The number of carbonyl (C=O) groups is 1. The molecule has 0 spiro atoms. The number of hydrogen-bond acceptors (Lipinski definition) is 2. The molecule has 1 N–H and O–H groups in total. The van der Waals surface area contributed by atoms with Crippen molar-refractivity contribution in [3.05, 3.63) is 0 Å². The van der Waals surface area contributed by atoms with E-state index in [4.69, 9.17) is 0 Å². The Balaban J connectivity index is 1.79. The van der Waals surface area contributed by atoms with E-state index in [0.717, 1.165) is 25.0 Å². The van der Waals surface area contributed by atoms with Gasteiger partial charge in [-0.15, -0.1) is 11.8 Å². The fourth-order valence-corrected chi connectivity index (χ4v) is 4.01. The lowest BCUT2D eigenvalue weighted by Crippen LogP contribution is -2.40. The smallest absolute Gasteiger partial charge is 0.233 e. The van der Waals surface area contributed by atoms with E-state index in [2.05, 4.69) is 19.2 Å². The van der Waals surface area contributed by atoms with Crippen LogP contribution in [0, 0.1) is 5.41 Å². The number of carbonyl (C=O) groups excluding carboxylic acids is 1. The van der Waals surface area contributed by atoms with E-state index in [1.165, 1.54) is 19.3 Å². The van der Waals surface area contributed by atoms with Crippen LogP contribution in [0.25, 0.3) is 0 Å². The Hall–Kier alpha value is -0.180. The van der Waals surface area contributed by atoms with Gasteiger partial charge in [-0.05, 0) is 43.3 Å². The summed E-state index contributed by atoms with van der Waals surface area (Å²) < 4.78 is 0. The van der Waals surface area contributed by atoms with Crippen LogP contribution in [0.4, 0.5) is 0 Å². The second-order valence-electron chi connectivity index (χ2n) is 5.97. The Morgan fingerprint density at radius 2 is 2.12 bits per heavy atom. The predicted octanol–water partition coefficient (Wildman–Crippen LogP) is 2.97. The summed E-state index contributed by atoms with van der Waals surface area (Å²) in [6.07, 6.45) is 7.14. The molecule has 1 amide bonds. The van der Waals surface area contributed by atoms with Crippen LogP contribution < -0.4 is 5.32 Å². The van der Waals surface area contributed by atoms with E-state index in [-0.39, 0.29) is 5.25 Å². The van der Waals surface area contributed by atoms with E-state index in [0.29, 0.717) is 17.4 Å². The van der Waals surface area contributed by atoms with E-state index in [1.54, 1.807) is 0 Å². The van der Waals surface area contributed by atoms with Gasteiger partial charge in [-0.1, -0.05) is 20.3 Å². The molecule has 3 heteroatoms. The number of amides is 1. The fraction of sp³-hybridized carbons (Fsp3) is 0.923. The highest BCUT2D eigenvalue weighted by Gasteiger charge is 2.33. The molecule has 2 fully saturated rings. The minimum Gasteiger partial charge on any atom is -0.352 e. The van der Waals surface area contributed by atoms with Crippen molar-refractivity contribution in [2.45, 2.75) is 63.7 Å². The third-order valence-corrected chi connectivity index (χ3v) is 5.16. The van der Waals surface area contributed by atoms with E-state index < -0.39 is 0 Å². The standard InChI is InChI=1S/C13H23NOS/c1-13(2)7-6-10(9-13)14-12(15)11-5-3-4-8-16-11/h10-11H,3-9H2,1-2H3,(H,14,15). The molecule has 2 atom stereocenters. The van der Waals surface area contributed by atoms with Crippen LogP contribution >= 0.6 is 11.8 Å². The van der Waals surface area contributed by atoms with Crippen molar-refractivity contribution >= 4 is 17.7 Å². The largest absolute Gasteiger partial charge is 0.352 e. The first-order valence-corrected chi connectivity index (χ1v) is 7.54. The van der Waals surface area contributed by atoms with Crippen molar-refractivity contribution in [2.75, 3.05) is 5.75 Å².